The van der Waals surface area contributed by atoms with Gasteiger partial charge in [0.15, 0.2) is 0 Å². The van der Waals surface area contributed by atoms with E-state index in [0.717, 1.165) is 45.2 Å². The summed E-state index contributed by atoms with van der Waals surface area (Å²) in [5, 5.41) is 0. The number of piperidine rings is 1. The van der Waals surface area contributed by atoms with Crippen molar-refractivity contribution in [1.29, 1.82) is 0 Å². The standard InChI is InChI=1S/C15H29N3O/c1-17-9-7-12(8-10-17)11-15(19)18(2)14-5-3-13(16)4-6-14/h12-14H,3-11,16H2,1-2H3. The van der Waals surface area contributed by atoms with Gasteiger partial charge in [0.25, 0.3) is 0 Å². The van der Waals surface area contributed by atoms with E-state index in [1.54, 1.807) is 0 Å². The van der Waals surface area contributed by atoms with Gasteiger partial charge in [-0.3, -0.25) is 4.79 Å². The molecule has 0 aromatic rings. The second-order valence-corrected chi connectivity index (χ2v) is 6.52. The molecular formula is C15H29N3O. The first-order valence-electron chi connectivity index (χ1n) is 7.76. The van der Waals surface area contributed by atoms with Crippen LogP contribution in [0.5, 0.6) is 0 Å². The fourth-order valence-corrected chi connectivity index (χ4v) is 3.35. The molecule has 2 rings (SSSR count). The summed E-state index contributed by atoms with van der Waals surface area (Å²) in [6, 6.07) is 0.784. The van der Waals surface area contributed by atoms with Gasteiger partial charge in [0.2, 0.25) is 5.91 Å². The largest absolute Gasteiger partial charge is 0.343 e. The number of carbonyl (C=O) groups is 1. The topological polar surface area (TPSA) is 49.6 Å². The Labute approximate surface area is 117 Å². The third-order valence-electron chi connectivity index (χ3n) is 4.98. The van der Waals surface area contributed by atoms with Gasteiger partial charge < -0.3 is 15.5 Å². The minimum Gasteiger partial charge on any atom is -0.343 e. The summed E-state index contributed by atoms with van der Waals surface area (Å²) < 4.78 is 0. The van der Waals surface area contributed by atoms with Crippen molar-refractivity contribution >= 4 is 5.91 Å². The maximum atomic E-state index is 12.4. The molecule has 0 radical (unpaired) electrons. The zero-order chi connectivity index (χ0) is 13.8. The van der Waals surface area contributed by atoms with Gasteiger partial charge in [-0.2, -0.15) is 0 Å². The Balaban J connectivity index is 1.76. The predicted molar refractivity (Wildman–Crippen MR) is 77.8 cm³/mol. The van der Waals surface area contributed by atoms with Gasteiger partial charge >= 0.3 is 0 Å². The van der Waals surface area contributed by atoms with Crippen molar-refractivity contribution in [1.82, 2.24) is 9.80 Å². The molecule has 0 unspecified atom stereocenters. The molecule has 0 spiro atoms. The molecule has 2 fully saturated rings. The van der Waals surface area contributed by atoms with E-state index in [4.69, 9.17) is 5.73 Å². The molecule has 0 bridgehead atoms. The highest BCUT2D eigenvalue weighted by molar-refractivity contribution is 5.76. The molecule has 1 aliphatic carbocycles. The van der Waals surface area contributed by atoms with Crippen LogP contribution in [0.4, 0.5) is 0 Å². The first kappa shape index (κ1) is 14.8. The highest BCUT2D eigenvalue weighted by atomic mass is 16.2. The second-order valence-electron chi connectivity index (χ2n) is 6.52. The Kier molecular flexibility index (Phi) is 5.22. The Morgan fingerprint density at radius 2 is 1.74 bits per heavy atom. The first-order valence-corrected chi connectivity index (χ1v) is 7.76. The monoisotopic (exact) mass is 267 g/mol. The molecule has 0 aromatic heterocycles. The molecule has 1 amide bonds. The van der Waals surface area contributed by atoms with Crippen LogP contribution in [0.15, 0.2) is 0 Å². The molecule has 1 saturated carbocycles. The smallest absolute Gasteiger partial charge is 0.222 e. The lowest BCUT2D eigenvalue weighted by molar-refractivity contribution is -0.134. The van der Waals surface area contributed by atoms with Crippen molar-refractivity contribution in [2.24, 2.45) is 11.7 Å². The van der Waals surface area contributed by atoms with Crippen molar-refractivity contribution < 1.29 is 4.79 Å². The number of hydrogen-bond acceptors (Lipinski definition) is 3. The highest BCUT2D eigenvalue weighted by Gasteiger charge is 2.27. The van der Waals surface area contributed by atoms with Gasteiger partial charge in [-0.1, -0.05) is 0 Å². The maximum absolute atomic E-state index is 12.4. The summed E-state index contributed by atoms with van der Waals surface area (Å²) in [4.78, 5) is 16.7. The fourth-order valence-electron chi connectivity index (χ4n) is 3.35. The van der Waals surface area contributed by atoms with Gasteiger partial charge in [0.05, 0.1) is 0 Å². The Morgan fingerprint density at radius 3 is 2.32 bits per heavy atom. The summed E-state index contributed by atoms with van der Waals surface area (Å²) in [6.45, 7) is 2.28. The lowest BCUT2D eigenvalue weighted by Crippen LogP contribution is -2.43. The minimum absolute atomic E-state index is 0.343. The van der Waals surface area contributed by atoms with Crippen LogP contribution in [0.3, 0.4) is 0 Å². The van der Waals surface area contributed by atoms with Crippen LogP contribution < -0.4 is 5.73 Å². The Bertz CT molecular complexity index is 292. The molecule has 2 aliphatic rings. The molecule has 2 N–H and O–H groups in total. The number of rotatable bonds is 3. The van der Waals surface area contributed by atoms with Gasteiger partial charge in [0, 0.05) is 25.6 Å². The average molecular weight is 267 g/mol. The molecule has 1 aliphatic heterocycles. The van der Waals surface area contributed by atoms with Crippen molar-refractivity contribution in [2.75, 3.05) is 27.2 Å². The summed E-state index contributed by atoms with van der Waals surface area (Å²) in [7, 11) is 4.15. The third kappa shape index (κ3) is 4.18. The van der Waals surface area contributed by atoms with Gasteiger partial charge in [0.1, 0.15) is 0 Å². The molecule has 0 aromatic carbocycles. The molecule has 1 saturated heterocycles. The summed E-state index contributed by atoms with van der Waals surface area (Å²) in [6.07, 6.45) is 7.38. The van der Waals surface area contributed by atoms with Crippen LogP contribution in [-0.4, -0.2) is 55.0 Å². The summed E-state index contributed by atoms with van der Waals surface area (Å²) in [5.74, 6) is 0.937. The van der Waals surface area contributed by atoms with Crippen molar-refractivity contribution in [3.8, 4) is 0 Å². The van der Waals surface area contributed by atoms with Crippen LogP contribution in [0.1, 0.15) is 44.9 Å². The first-order chi connectivity index (χ1) is 9.06. The summed E-state index contributed by atoms with van der Waals surface area (Å²) >= 11 is 0. The number of carbonyl (C=O) groups excluding carboxylic acids is 1. The van der Waals surface area contributed by atoms with E-state index in [2.05, 4.69) is 11.9 Å². The van der Waals surface area contributed by atoms with Crippen LogP contribution >= 0.6 is 0 Å². The molecule has 19 heavy (non-hydrogen) atoms. The molecule has 110 valence electrons. The predicted octanol–water partition coefficient (Wildman–Crippen LogP) is 1.45. The van der Waals surface area contributed by atoms with E-state index >= 15 is 0 Å². The van der Waals surface area contributed by atoms with Crippen molar-refractivity contribution in [3.63, 3.8) is 0 Å². The van der Waals surface area contributed by atoms with E-state index in [-0.39, 0.29) is 0 Å². The maximum Gasteiger partial charge on any atom is 0.222 e. The summed E-state index contributed by atoms with van der Waals surface area (Å²) in [5.41, 5.74) is 5.93. The number of nitrogens with two attached hydrogens (primary N) is 1. The minimum atomic E-state index is 0.343. The second kappa shape index (κ2) is 6.71. The SMILES string of the molecule is CN1CCC(CC(=O)N(C)C2CCC(N)CC2)CC1. The van der Waals surface area contributed by atoms with E-state index in [1.807, 2.05) is 11.9 Å². The Hall–Kier alpha value is -0.610. The lowest BCUT2D eigenvalue weighted by Gasteiger charge is -2.35. The third-order valence-corrected chi connectivity index (χ3v) is 4.98. The van der Waals surface area contributed by atoms with Crippen LogP contribution in [0, 0.1) is 5.92 Å². The molecule has 4 heteroatoms. The zero-order valence-electron chi connectivity index (χ0n) is 12.5. The number of amides is 1. The normalized spacial score (nSPS) is 30.3. The number of hydrogen-bond donors (Lipinski definition) is 1. The quantitative estimate of drug-likeness (QED) is 0.842. The van der Waals surface area contributed by atoms with Gasteiger partial charge in [-0.15, -0.1) is 0 Å². The Morgan fingerprint density at radius 1 is 1.16 bits per heavy atom. The number of nitrogens with zero attached hydrogens (tertiary/aromatic N) is 2. The van der Waals surface area contributed by atoms with E-state index in [9.17, 15) is 4.79 Å². The van der Waals surface area contributed by atoms with Crippen molar-refractivity contribution in [3.05, 3.63) is 0 Å². The average Bonchev–Trinajstić information content (AvgIpc) is 2.41. The zero-order valence-corrected chi connectivity index (χ0v) is 12.5. The fraction of sp³-hybridized carbons (Fsp3) is 0.933. The lowest BCUT2D eigenvalue weighted by atomic mass is 9.89. The molecule has 0 atom stereocenters. The molecular weight excluding hydrogens is 238 g/mol. The van der Waals surface area contributed by atoms with Crippen LogP contribution in [-0.2, 0) is 4.79 Å². The number of likely N-dealkylation sites (tertiary alicyclic amines) is 1. The van der Waals surface area contributed by atoms with Crippen LogP contribution in [0.25, 0.3) is 0 Å². The highest BCUT2D eigenvalue weighted by Crippen LogP contribution is 2.24. The van der Waals surface area contributed by atoms with Crippen molar-refractivity contribution in [2.45, 2.75) is 57.0 Å². The molecule has 1 heterocycles. The molecule has 4 nitrogen and oxygen atoms in total. The van der Waals surface area contributed by atoms with Gasteiger partial charge in [-0.05, 0) is 64.6 Å². The van der Waals surface area contributed by atoms with E-state index in [0.29, 0.717) is 23.9 Å². The van der Waals surface area contributed by atoms with E-state index < -0.39 is 0 Å². The van der Waals surface area contributed by atoms with Gasteiger partial charge in [-0.25, -0.2) is 0 Å². The van der Waals surface area contributed by atoms with E-state index in [1.165, 1.54) is 12.8 Å². The van der Waals surface area contributed by atoms with Crippen LogP contribution in [0.2, 0.25) is 0 Å².